The first-order chi connectivity index (χ1) is 8.26. The minimum atomic E-state index is -0.738. The fourth-order valence-corrected chi connectivity index (χ4v) is 1.19. The standard InChI is InChI=1S/C11H14N4O2/c1-2-10(16)14-17-11(13-15-12)8-9-6-4-3-5-7-9/h3-7,11H,2,8H2,1H3,(H,14,16). The van der Waals surface area contributed by atoms with Crippen LogP contribution in [-0.2, 0) is 16.1 Å². The van der Waals surface area contributed by atoms with Gasteiger partial charge in [-0.1, -0.05) is 42.4 Å². The van der Waals surface area contributed by atoms with E-state index in [-0.39, 0.29) is 5.91 Å². The molecular formula is C11H14N4O2. The summed E-state index contributed by atoms with van der Waals surface area (Å²) in [6, 6.07) is 9.45. The third-order valence-corrected chi connectivity index (χ3v) is 2.06. The van der Waals surface area contributed by atoms with Crippen molar-refractivity contribution in [1.29, 1.82) is 0 Å². The number of nitrogens with one attached hydrogen (secondary N) is 1. The molecule has 0 fully saturated rings. The first-order valence-corrected chi connectivity index (χ1v) is 5.29. The molecule has 0 aliphatic carbocycles. The molecule has 0 radical (unpaired) electrons. The maximum atomic E-state index is 11.0. The van der Waals surface area contributed by atoms with Gasteiger partial charge in [-0.3, -0.25) is 9.63 Å². The van der Waals surface area contributed by atoms with E-state index in [1.165, 1.54) is 0 Å². The van der Waals surface area contributed by atoms with Gasteiger partial charge in [0.05, 0.1) is 0 Å². The van der Waals surface area contributed by atoms with E-state index in [0.29, 0.717) is 12.8 Å². The van der Waals surface area contributed by atoms with Crippen LogP contribution in [0.5, 0.6) is 0 Å². The van der Waals surface area contributed by atoms with Gasteiger partial charge >= 0.3 is 0 Å². The van der Waals surface area contributed by atoms with E-state index in [9.17, 15) is 4.79 Å². The molecule has 0 heterocycles. The second kappa shape index (κ2) is 7.27. The Balaban J connectivity index is 2.55. The van der Waals surface area contributed by atoms with E-state index >= 15 is 0 Å². The summed E-state index contributed by atoms with van der Waals surface area (Å²) in [5.74, 6) is -0.254. The van der Waals surface area contributed by atoms with Crippen LogP contribution in [0.25, 0.3) is 10.4 Å². The van der Waals surface area contributed by atoms with Gasteiger partial charge in [0.1, 0.15) is 0 Å². The highest BCUT2D eigenvalue weighted by Gasteiger charge is 2.09. The quantitative estimate of drug-likeness (QED) is 0.354. The largest absolute Gasteiger partial charge is 0.273 e. The molecule has 1 amide bonds. The molecule has 6 nitrogen and oxygen atoms in total. The van der Waals surface area contributed by atoms with Crippen LogP contribution < -0.4 is 5.48 Å². The Morgan fingerprint density at radius 3 is 2.82 bits per heavy atom. The van der Waals surface area contributed by atoms with Crippen LogP contribution in [0.3, 0.4) is 0 Å². The maximum Gasteiger partial charge on any atom is 0.243 e. The molecule has 0 bridgehead atoms. The molecule has 6 heteroatoms. The van der Waals surface area contributed by atoms with Gasteiger partial charge in [0.25, 0.3) is 0 Å². The summed E-state index contributed by atoms with van der Waals surface area (Å²) in [5.41, 5.74) is 11.6. The van der Waals surface area contributed by atoms with Crippen LogP contribution in [0.1, 0.15) is 18.9 Å². The molecule has 0 aliphatic heterocycles. The van der Waals surface area contributed by atoms with E-state index in [4.69, 9.17) is 10.4 Å². The van der Waals surface area contributed by atoms with Crippen molar-refractivity contribution < 1.29 is 9.63 Å². The van der Waals surface area contributed by atoms with Gasteiger partial charge < -0.3 is 0 Å². The number of hydrogen-bond donors (Lipinski definition) is 1. The first-order valence-electron chi connectivity index (χ1n) is 5.29. The van der Waals surface area contributed by atoms with Gasteiger partial charge in [-0.15, -0.1) is 0 Å². The summed E-state index contributed by atoms with van der Waals surface area (Å²) in [5, 5.41) is 3.47. The molecule has 1 N–H and O–H groups in total. The predicted octanol–water partition coefficient (Wildman–Crippen LogP) is 2.32. The average molecular weight is 234 g/mol. The average Bonchev–Trinajstić information content (AvgIpc) is 2.37. The predicted molar refractivity (Wildman–Crippen MR) is 62.6 cm³/mol. The molecule has 0 spiro atoms. The van der Waals surface area contributed by atoms with Crippen molar-refractivity contribution in [1.82, 2.24) is 5.48 Å². The van der Waals surface area contributed by atoms with Crippen LogP contribution in [-0.4, -0.2) is 12.1 Å². The lowest BCUT2D eigenvalue weighted by atomic mass is 10.1. The summed E-state index contributed by atoms with van der Waals surface area (Å²) in [7, 11) is 0. The number of hydrogen-bond acceptors (Lipinski definition) is 3. The first kappa shape index (κ1) is 13.0. The molecule has 1 unspecified atom stereocenters. The van der Waals surface area contributed by atoms with Crippen molar-refractivity contribution in [2.45, 2.75) is 26.0 Å². The summed E-state index contributed by atoms with van der Waals surface area (Å²) < 4.78 is 0. The van der Waals surface area contributed by atoms with E-state index in [1.54, 1.807) is 6.92 Å². The molecule has 1 aromatic rings. The summed E-state index contributed by atoms with van der Waals surface area (Å²) >= 11 is 0. The maximum absolute atomic E-state index is 11.0. The second-order valence-electron chi connectivity index (χ2n) is 3.35. The van der Waals surface area contributed by atoms with E-state index < -0.39 is 6.23 Å². The highest BCUT2D eigenvalue weighted by Crippen LogP contribution is 2.06. The van der Waals surface area contributed by atoms with Gasteiger partial charge in [-0.05, 0) is 11.1 Å². The third kappa shape index (κ3) is 5.01. The Kier molecular flexibility index (Phi) is 5.57. The fourth-order valence-electron chi connectivity index (χ4n) is 1.19. The highest BCUT2D eigenvalue weighted by molar-refractivity contribution is 5.74. The number of benzene rings is 1. The Hall–Kier alpha value is -2.04. The van der Waals surface area contributed by atoms with Gasteiger partial charge in [0, 0.05) is 17.8 Å². The Morgan fingerprint density at radius 2 is 2.24 bits per heavy atom. The number of hydroxylamine groups is 1. The third-order valence-electron chi connectivity index (χ3n) is 2.06. The van der Waals surface area contributed by atoms with Crippen molar-refractivity contribution in [3.8, 4) is 0 Å². The minimum Gasteiger partial charge on any atom is -0.273 e. The lowest BCUT2D eigenvalue weighted by molar-refractivity contribution is -0.137. The van der Waals surface area contributed by atoms with Crippen molar-refractivity contribution in [2.24, 2.45) is 5.11 Å². The molecule has 90 valence electrons. The van der Waals surface area contributed by atoms with Gasteiger partial charge in [-0.2, -0.15) is 0 Å². The van der Waals surface area contributed by atoms with Gasteiger partial charge in [-0.25, -0.2) is 5.48 Å². The van der Waals surface area contributed by atoms with E-state index in [0.717, 1.165) is 5.56 Å². The zero-order chi connectivity index (χ0) is 12.5. The van der Waals surface area contributed by atoms with Crippen molar-refractivity contribution in [3.63, 3.8) is 0 Å². The Morgan fingerprint density at radius 1 is 1.53 bits per heavy atom. The SMILES string of the molecule is CCC(=O)NOC(Cc1ccccc1)N=[N+]=[N-]. The van der Waals surface area contributed by atoms with Crippen molar-refractivity contribution in [3.05, 3.63) is 46.3 Å². The van der Waals surface area contributed by atoms with Crippen LogP contribution in [0.15, 0.2) is 35.4 Å². The Labute approximate surface area is 99.2 Å². The van der Waals surface area contributed by atoms with Crippen LogP contribution in [0, 0.1) is 0 Å². The topological polar surface area (TPSA) is 87.1 Å². The zero-order valence-electron chi connectivity index (χ0n) is 9.54. The molecular weight excluding hydrogens is 220 g/mol. The number of nitrogens with zero attached hydrogens (tertiary/aromatic N) is 3. The number of rotatable bonds is 6. The molecule has 1 aromatic carbocycles. The number of azide groups is 1. The molecule has 0 aromatic heterocycles. The summed E-state index contributed by atoms with van der Waals surface area (Å²) in [6.07, 6.45) is -0.0126. The number of carbonyl (C=O) groups is 1. The fraction of sp³-hybridized carbons (Fsp3) is 0.364. The lowest BCUT2D eigenvalue weighted by Gasteiger charge is -2.12. The summed E-state index contributed by atoms with van der Waals surface area (Å²) in [4.78, 5) is 18.7. The normalized spacial score (nSPS) is 11.4. The monoisotopic (exact) mass is 234 g/mol. The smallest absolute Gasteiger partial charge is 0.243 e. The van der Waals surface area contributed by atoms with Crippen LogP contribution >= 0.6 is 0 Å². The molecule has 17 heavy (non-hydrogen) atoms. The van der Waals surface area contributed by atoms with Crippen molar-refractivity contribution in [2.75, 3.05) is 0 Å². The molecule has 0 aliphatic rings. The Bertz CT molecular complexity index is 401. The molecule has 1 atom stereocenters. The van der Waals surface area contributed by atoms with Gasteiger partial charge in [0.2, 0.25) is 5.91 Å². The number of amides is 1. The highest BCUT2D eigenvalue weighted by atomic mass is 16.7. The lowest BCUT2D eigenvalue weighted by Crippen LogP contribution is -2.29. The summed E-state index contributed by atoms with van der Waals surface area (Å²) in [6.45, 7) is 1.71. The molecule has 0 saturated heterocycles. The minimum absolute atomic E-state index is 0.254. The molecule has 1 rings (SSSR count). The number of carbonyl (C=O) groups excluding carboxylic acids is 1. The van der Waals surface area contributed by atoms with E-state index in [2.05, 4.69) is 15.5 Å². The zero-order valence-corrected chi connectivity index (χ0v) is 9.54. The second-order valence-corrected chi connectivity index (χ2v) is 3.35. The van der Waals surface area contributed by atoms with E-state index in [1.807, 2.05) is 30.3 Å². The van der Waals surface area contributed by atoms with Crippen molar-refractivity contribution >= 4 is 5.91 Å². The van der Waals surface area contributed by atoms with Crippen LogP contribution in [0.2, 0.25) is 0 Å². The van der Waals surface area contributed by atoms with Crippen LogP contribution in [0.4, 0.5) is 0 Å². The molecule has 0 saturated carbocycles. The van der Waals surface area contributed by atoms with Gasteiger partial charge in [0.15, 0.2) is 6.23 Å².